The number of aromatic nitrogens is 5. The highest BCUT2D eigenvalue weighted by Gasteiger charge is 2.18. The fourth-order valence-electron chi connectivity index (χ4n) is 1.64. The van der Waals surface area contributed by atoms with E-state index in [1.807, 2.05) is 0 Å². The van der Waals surface area contributed by atoms with Crippen LogP contribution in [0.5, 0.6) is 0 Å². The second-order valence-electron chi connectivity index (χ2n) is 4.06. The van der Waals surface area contributed by atoms with Gasteiger partial charge in [0, 0.05) is 12.5 Å². The molecule has 0 N–H and O–H groups in total. The first-order valence-corrected chi connectivity index (χ1v) is 6.71. The minimum absolute atomic E-state index is 0.266. The fourth-order valence-corrected chi connectivity index (χ4v) is 2.44. The second kappa shape index (κ2) is 5.10. The molecule has 0 saturated heterocycles. The van der Waals surface area contributed by atoms with Crippen molar-refractivity contribution in [1.82, 2.24) is 24.1 Å². The lowest BCUT2D eigenvalue weighted by atomic mass is 10.2. The molecule has 92 valence electrons. The summed E-state index contributed by atoms with van der Waals surface area (Å²) in [5.41, 5.74) is 0. The molecule has 2 aromatic rings. The Hall–Kier alpha value is -1.01. The molecule has 0 radical (unpaired) electrons. The summed E-state index contributed by atoms with van der Waals surface area (Å²) in [5, 5.41) is 9.42. The topological polar surface area (TPSA) is 56.5 Å². The maximum Gasteiger partial charge on any atom is 0.234 e. The van der Waals surface area contributed by atoms with Crippen LogP contribution in [-0.4, -0.2) is 24.1 Å². The molecule has 0 aliphatic rings. The molecule has 5 nitrogen and oxygen atoms in total. The lowest BCUT2D eigenvalue weighted by Gasteiger charge is -2.09. The lowest BCUT2D eigenvalue weighted by molar-refractivity contribution is 0.614. The number of nitrogens with zero attached hydrogens (tertiary/aromatic N) is 5. The van der Waals surface area contributed by atoms with Gasteiger partial charge in [-0.15, -0.1) is 10.2 Å². The molecule has 2 aromatic heterocycles. The van der Waals surface area contributed by atoms with Crippen LogP contribution < -0.4 is 0 Å². The van der Waals surface area contributed by atoms with Crippen molar-refractivity contribution in [2.45, 2.75) is 39.7 Å². The van der Waals surface area contributed by atoms with Gasteiger partial charge < -0.3 is 4.57 Å². The minimum Gasteiger partial charge on any atom is -0.309 e. The van der Waals surface area contributed by atoms with E-state index in [0.29, 0.717) is 5.92 Å². The molecule has 0 fully saturated rings. The zero-order valence-corrected chi connectivity index (χ0v) is 11.6. The maximum atomic E-state index is 5.74. The van der Waals surface area contributed by atoms with Gasteiger partial charge in [-0.2, -0.15) is 4.37 Å². The van der Waals surface area contributed by atoms with Gasteiger partial charge in [-0.1, -0.05) is 20.8 Å². The standard InChI is InChI=1S/C10H14ClN5S/c1-4-5-16-7(6(2)3)13-14-8(16)9-12-10(11)15-17-9/h6H,4-5H2,1-3H3. The molecule has 0 aromatic carbocycles. The van der Waals surface area contributed by atoms with Gasteiger partial charge in [-0.25, -0.2) is 4.98 Å². The van der Waals surface area contributed by atoms with Crippen LogP contribution in [0.15, 0.2) is 0 Å². The number of halogens is 1. The molecule has 0 spiro atoms. The summed E-state index contributed by atoms with van der Waals surface area (Å²) < 4.78 is 6.06. The third-order valence-electron chi connectivity index (χ3n) is 2.34. The quantitative estimate of drug-likeness (QED) is 0.858. The normalized spacial score (nSPS) is 11.4. The average molecular weight is 272 g/mol. The van der Waals surface area contributed by atoms with Crippen molar-refractivity contribution in [3.8, 4) is 10.8 Å². The van der Waals surface area contributed by atoms with Gasteiger partial charge in [-0.3, -0.25) is 0 Å². The first kappa shape index (κ1) is 12.4. The van der Waals surface area contributed by atoms with E-state index in [9.17, 15) is 0 Å². The highest BCUT2D eigenvalue weighted by Crippen LogP contribution is 2.24. The molecule has 0 unspecified atom stereocenters. The molecule has 0 atom stereocenters. The molecule has 0 saturated carbocycles. The number of hydrogen-bond donors (Lipinski definition) is 0. The van der Waals surface area contributed by atoms with E-state index in [1.165, 1.54) is 11.5 Å². The zero-order valence-electron chi connectivity index (χ0n) is 10.0. The second-order valence-corrected chi connectivity index (χ2v) is 5.15. The molecule has 0 aliphatic carbocycles. The van der Waals surface area contributed by atoms with Crippen LogP contribution in [0, 0.1) is 0 Å². The summed E-state index contributed by atoms with van der Waals surface area (Å²) in [4.78, 5) is 4.15. The van der Waals surface area contributed by atoms with Crippen molar-refractivity contribution in [3.05, 3.63) is 11.1 Å². The molecular formula is C10H14ClN5S. The summed E-state index contributed by atoms with van der Waals surface area (Å²) in [6.45, 7) is 7.22. The SMILES string of the molecule is CCCn1c(-c2nc(Cl)ns2)nnc1C(C)C. The van der Waals surface area contributed by atoms with Crippen molar-refractivity contribution in [2.75, 3.05) is 0 Å². The summed E-state index contributed by atoms with van der Waals surface area (Å²) >= 11 is 6.99. The van der Waals surface area contributed by atoms with E-state index >= 15 is 0 Å². The summed E-state index contributed by atoms with van der Waals surface area (Å²) in [6, 6.07) is 0. The Labute approximate surface area is 109 Å². The number of rotatable bonds is 4. The molecule has 7 heteroatoms. The third kappa shape index (κ3) is 2.47. The predicted molar refractivity (Wildman–Crippen MR) is 68.3 cm³/mol. The van der Waals surface area contributed by atoms with Crippen LogP contribution in [0.3, 0.4) is 0 Å². The molecule has 17 heavy (non-hydrogen) atoms. The molecule has 0 aliphatic heterocycles. The fraction of sp³-hybridized carbons (Fsp3) is 0.600. The Balaban J connectivity index is 2.46. The van der Waals surface area contributed by atoms with Gasteiger partial charge >= 0.3 is 0 Å². The Kier molecular flexibility index (Phi) is 3.73. The Morgan fingerprint density at radius 1 is 1.35 bits per heavy atom. The van der Waals surface area contributed by atoms with E-state index in [-0.39, 0.29) is 5.28 Å². The van der Waals surface area contributed by atoms with Crippen LogP contribution in [0.1, 0.15) is 38.9 Å². The van der Waals surface area contributed by atoms with Crippen LogP contribution >= 0.6 is 23.1 Å². The smallest absolute Gasteiger partial charge is 0.234 e. The Morgan fingerprint density at radius 3 is 2.65 bits per heavy atom. The third-order valence-corrected chi connectivity index (χ3v) is 3.32. The van der Waals surface area contributed by atoms with Crippen molar-refractivity contribution in [3.63, 3.8) is 0 Å². The molecular weight excluding hydrogens is 258 g/mol. The van der Waals surface area contributed by atoms with Gasteiger partial charge in [0.1, 0.15) is 5.82 Å². The average Bonchev–Trinajstić information content (AvgIpc) is 2.85. The van der Waals surface area contributed by atoms with Crippen LogP contribution in [-0.2, 0) is 6.54 Å². The van der Waals surface area contributed by atoms with E-state index < -0.39 is 0 Å². The number of hydrogen-bond acceptors (Lipinski definition) is 5. The van der Waals surface area contributed by atoms with Crippen LogP contribution in [0.2, 0.25) is 5.28 Å². The molecule has 0 bridgehead atoms. The molecule has 0 amide bonds. The van der Waals surface area contributed by atoms with Gasteiger partial charge in [-0.05, 0) is 29.6 Å². The first-order valence-electron chi connectivity index (χ1n) is 5.56. The van der Waals surface area contributed by atoms with Gasteiger partial charge in [0.25, 0.3) is 0 Å². The van der Waals surface area contributed by atoms with Crippen molar-refractivity contribution >= 4 is 23.1 Å². The van der Waals surface area contributed by atoms with Crippen molar-refractivity contribution in [1.29, 1.82) is 0 Å². The predicted octanol–water partition coefficient (Wildman–Crippen LogP) is 2.98. The molecule has 2 rings (SSSR count). The van der Waals surface area contributed by atoms with Gasteiger partial charge in [0.2, 0.25) is 5.28 Å². The summed E-state index contributed by atoms with van der Waals surface area (Å²) in [6.07, 6.45) is 1.03. The summed E-state index contributed by atoms with van der Waals surface area (Å²) in [5.74, 6) is 2.08. The van der Waals surface area contributed by atoms with E-state index in [2.05, 4.69) is 44.9 Å². The minimum atomic E-state index is 0.266. The highest BCUT2D eigenvalue weighted by atomic mass is 35.5. The monoisotopic (exact) mass is 271 g/mol. The van der Waals surface area contributed by atoms with E-state index in [1.54, 1.807) is 0 Å². The largest absolute Gasteiger partial charge is 0.309 e. The van der Waals surface area contributed by atoms with Crippen LogP contribution in [0.25, 0.3) is 10.8 Å². The summed E-state index contributed by atoms with van der Waals surface area (Å²) in [7, 11) is 0. The highest BCUT2D eigenvalue weighted by molar-refractivity contribution is 7.09. The maximum absolute atomic E-state index is 5.74. The first-order chi connectivity index (χ1) is 8.13. The van der Waals surface area contributed by atoms with E-state index in [0.717, 1.165) is 29.6 Å². The van der Waals surface area contributed by atoms with Crippen molar-refractivity contribution < 1.29 is 0 Å². The van der Waals surface area contributed by atoms with E-state index in [4.69, 9.17) is 11.6 Å². The van der Waals surface area contributed by atoms with Gasteiger partial charge in [0.05, 0.1) is 0 Å². The Bertz CT molecular complexity index is 505. The zero-order chi connectivity index (χ0) is 12.4. The Morgan fingerprint density at radius 2 is 2.12 bits per heavy atom. The van der Waals surface area contributed by atoms with Crippen LogP contribution in [0.4, 0.5) is 0 Å². The lowest BCUT2D eigenvalue weighted by Crippen LogP contribution is -2.06. The van der Waals surface area contributed by atoms with Gasteiger partial charge in [0.15, 0.2) is 10.8 Å². The van der Waals surface area contributed by atoms with Crippen molar-refractivity contribution in [2.24, 2.45) is 0 Å². The molecule has 2 heterocycles.